The van der Waals surface area contributed by atoms with E-state index in [4.69, 9.17) is 14.2 Å². The van der Waals surface area contributed by atoms with Gasteiger partial charge in [-0.3, -0.25) is 9.59 Å². The number of carbonyl (C=O) groups excluding carboxylic acids is 2. The van der Waals surface area contributed by atoms with E-state index >= 15 is 0 Å². The second-order valence-electron chi connectivity index (χ2n) is 8.30. The first-order chi connectivity index (χ1) is 13.9. The lowest BCUT2D eigenvalue weighted by molar-refractivity contribution is -0.140. The normalized spacial score (nSPS) is 25.4. The molecule has 3 fully saturated rings. The molecule has 0 atom stereocenters. The van der Waals surface area contributed by atoms with Crippen molar-refractivity contribution >= 4 is 11.7 Å². The van der Waals surface area contributed by atoms with Crippen LogP contribution in [0.3, 0.4) is 0 Å². The van der Waals surface area contributed by atoms with Gasteiger partial charge < -0.3 is 19.5 Å². The van der Waals surface area contributed by atoms with E-state index in [9.17, 15) is 9.59 Å². The summed E-state index contributed by atoms with van der Waals surface area (Å²) < 4.78 is 16.0. The second-order valence-corrected chi connectivity index (χ2v) is 8.30. The van der Waals surface area contributed by atoms with Gasteiger partial charge in [-0.15, -0.1) is 0 Å². The molecular formula is C23H43NO5. The van der Waals surface area contributed by atoms with Crippen LogP contribution in [0.5, 0.6) is 0 Å². The standard InChI is InChI=1S/C21H37NO5.C2H6/c1-4-25-13-14-27-16-15-26-12-5-18(23)22-21-9-6-20(7-10-21,8-11-21)19(24)17(2)3;1-2/h17H,4-16H2,1-3H3,(H,22,23);1-2H3. The van der Waals surface area contributed by atoms with E-state index in [0.717, 1.165) is 38.5 Å². The molecule has 3 aliphatic carbocycles. The fourth-order valence-corrected chi connectivity index (χ4v) is 4.46. The number of ketones is 1. The Balaban J connectivity index is 0.00000204. The number of nitrogens with one attached hydrogen (secondary N) is 1. The Kier molecular flexibility index (Phi) is 12.0. The van der Waals surface area contributed by atoms with Crippen LogP contribution in [0.2, 0.25) is 0 Å². The Morgan fingerprint density at radius 3 is 1.79 bits per heavy atom. The van der Waals surface area contributed by atoms with Gasteiger partial charge >= 0.3 is 0 Å². The van der Waals surface area contributed by atoms with Crippen LogP contribution in [0.15, 0.2) is 0 Å². The summed E-state index contributed by atoms with van der Waals surface area (Å²) in [7, 11) is 0. The number of hydrogen-bond acceptors (Lipinski definition) is 5. The van der Waals surface area contributed by atoms with Gasteiger partial charge in [0.2, 0.25) is 5.91 Å². The Bertz CT molecular complexity index is 467. The summed E-state index contributed by atoms with van der Waals surface area (Å²) in [5, 5.41) is 3.25. The van der Waals surface area contributed by atoms with Crippen molar-refractivity contribution in [1.29, 1.82) is 0 Å². The third-order valence-corrected chi connectivity index (χ3v) is 6.12. The molecule has 1 N–H and O–H groups in total. The van der Waals surface area contributed by atoms with Gasteiger partial charge in [0.25, 0.3) is 0 Å². The van der Waals surface area contributed by atoms with Crippen LogP contribution in [-0.4, -0.2) is 56.9 Å². The average molecular weight is 414 g/mol. The van der Waals surface area contributed by atoms with Gasteiger partial charge in [-0.05, 0) is 45.4 Å². The molecule has 3 aliphatic rings. The molecule has 0 radical (unpaired) electrons. The molecule has 3 rings (SSSR count). The van der Waals surface area contributed by atoms with Crippen molar-refractivity contribution in [2.75, 3.05) is 39.6 Å². The van der Waals surface area contributed by atoms with Crippen molar-refractivity contribution in [3.8, 4) is 0 Å². The fraction of sp³-hybridized carbons (Fsp3) is 0.913. The summed E-state index contributed by atoms with van der Waals surface area (Å²) in [5.74, 6) is 0.571. The molecule has 0 aromatic rings. The molecule has 6 nitrogen and oxygen atoms in total. The molecule has 0 aromatic heterocycles. The van der Waals surface area contributed by atoms with Gasteiger partial charge in [-0.1, -0.05) is 27.7 Å². The van der Waals surface area contributed by atoms with Gasteiger partial charge in [0, 0.05) is 29.9 Å². The summed E-state index contributed by atoms with van der Waals surface area (Å²) in [5.41, 5.74) is -0.218. The molecule has 0 heterocycles. The smallest absolute Gasteiger partial charge is 0.222 e. The van der Waals surface area contributed by atoms with E-state index in [-0.39, 0.29) is 22.8 Å². The third-order valence-electron chi connectivity index (χ3n) is 6.12. The zero-order chi connectivity index (χ0) is 21.8. The fourth-order valence-electron chi connectivity index (χ4n) is 4.46. The molecular weight excluding hydrogens is 370 g/mol. The van der Waals surface area contributed by atoms with Crippen LogP contribution in [0.4, 0.5) is 0 Å². The Hall–Kier alpha value is -0.980. The predicted octanol–water partition coefficient (Wildman–Crippen LogP) is 3.91. The first-order valence-electron chi connectivity index (χ1n) is 11.5. The minimum Gasteiger partial charge on any atom is -0.379 e. The summed E-state index contributed by atoms with van der Waals surface area (Å²) >= 11 is 0. The largest absolute Gasteiger partial charge is 0.379 e. The van der Waals surface area contributed by atoms with Crippen molar-refractivity contribution in [1.82, 2.24) is 5.32 Å². The Morgan fingerprint density at radius 1 is 0.828 bits per heavy atom. The maximum absolute atomic E-state index is 12.6. The number of carbonyl (C=O) groups is 2. The number of fused-ring (bicyclic) bond motifs is 3. The van der Waals surface area contributed by atoms with E-state index in [2.05, 4.69) is 5.32 Å². The van der Waals surface area contributed by atoms with E-state index in [1.807, 2.05) is 34.6 Å². The zero-order valence-electron chi connectivity index (χ0n) is 19.3. The Morgan fingerprint density at radius 2 is 1.31 bits per heavy atom. The highest BCUT2D eigenvalue weighted by atomic mass is 16.5. The van der Waals surface area contributed by atoms with Gasteiger partial charge in [-0.25, -0.2) is 0 Å². The quantitative estimate of drug-likeness (QED) is 0.464. The molecule has 6 heteroatoms. The van der Waals surface area contributed by atoms with Crippen LogP contribution in [0.25, 0.3) is 0 Å². The highest BCUT2D eigenvalue weighted by Crippen LogP contribution is 2.53. The molecule has 0 aromatic carbocycles. The monoisotopic (exact) mass is 413 g/mol. The van der Waals surface area contributed by atoms with Crippen LogP contribution in [0.1, 0.15) is 79.6 Å². The van der Waals surface area contributed by atoms with Crippen molar-refractivity contribution < 1.29 is 23.8 Å². The number of Topliss-reactive ketones (excluding diaryl/α,β-unsaturated/α-hetero) is 1. The van der Waals surface area contributed by atoms with E-state index in [0.29, 0.717) is 51.8 Å². The molecule has 2 bridgehead atoms. The molecule has 0 aliphatic heterocycles. The maximum Gasteiger partial charge on any atom is 0.222 e. The van der Waals surface area contributed by atoms with Crippen LogP contribution in [-0.2, 0) is 23.8 Å². The third kappa shape index (κ3) is 7.99. The SMILES string of the molecule is CC.CCOCCOCCOCCC(=O)NC12CCC(C(=O)C(C)C)(CC1)CC2. The summed E-state index contributed by atoms with van der Waals surface area (Å²) in [6, 6.07) is 0. The highest BCUT2D eigenvalue weighted by Gasteiger charge is 2.52. The van der Waals surface area contributed by atoms with Crippen LogP contribution in [0, 0.1) is 11.3 Å². The van der Waals surface area contributed by atoms with Crippen LogP contribution >= 0.6 is 0 Å². The molecule has 0 saturated heterocycles. The van der Waals surface area contributed by atoms with Gasteiger partial charge in [0.05, 0.1) is 33.0 Å². The molecule has 170 valence electrons. The number of amides is 1. The summed E-state index contributed by atoms with van der Waals surface area (Å²) in [4.78, 5) is 24.9. The van der Waals surface area contributed by atoms with Crippen molar-refractivity contribution in [3.05, 3.63) is 0 Å². The average Bonchev–Trinajstić information content (AvgIpc) is 2.74. The van der Waals surface area contributed by atoms with Crippen LogP contribution < -0.4 is 5.32 Å². The van der Waals surface area contributed by atoms with Gasteiger partial charge in [0.15, 0.2) is 0 Å². The number of rotatable bonds is 13. The van der Waals surface area contributed by atoms with E-state index < -0.39 is 0 Å². The Labute approximate surface area is 177 Å². The minimum absolute atomic E-state index is 0.0526. The van der Waals surface area contributed by atoms with Gasteiger partial charge in [-0.2, -0.15) is 0 Å². The second kappa shape index (κ2) is 13.3. The lowest BCUT2D eigenvalue weighted by Gasteiger charge is -2.53. The zero-order valence-corrected chi connectivity index (χ0v) is 19.3. The maximum atomic E-state index is 12.6. The molecule has 0 unspecified atom stereocenters. The first kappa shape index (κ1) is 26.1. The first-order valence-corrected chi connectivity index (χ1v) is 11.5. The van der Waals surface area contributed by atoms with E-state index in [1.165, 1.54) is 0 Å². The van der Waals surface area contributed by atoms with Crippen molar-refractivity contribution in [3.63, 3.8) is 0 Å². The molecule has 0 spiro atoms. The lowest BCUT2D eigenvalue weighted by Crippen LogP contribution is -2.58. The highest BCUT2D eigenvalue weighted by molar-refractivity contribution is 5.87. The summed E-state index contributed by atoms with van der Waals surface area (Å²) in [6.45, 7) is 13.2. The number of ether oxygens (including phenoxy) is 3. The molecule has 29 heavy (non-hydrogen) atoms. The number of hydrogen-bond donors (Lipinski definition) is 1. The molecule has 3 saturated carbocycles. The van der Waals surface area contributed by atoms with E-state index in [1.54, 1.807) is 0 Å². The summed E-state index contributed by atoms with van der Waals surface area (Å²) in [6.07, 6.45) is 5.89. The lowest BCUT2D eigenvalue weighted by atomic mass is 9.54. The predicted molar refractivity (Wildman–Crippen MR) is 115 cm³/mol. The van der Waals surface area contributed by atoms with Gasteiger partial charge in [0.1, 0.15) is 5.78 Å². The minimum atomic E-state index is -0.119. The molecule has 1 amide bonds. The van der Waals surface area contributed by atoms with Crippen molar-refractivity contribution in [2.45, 2.75) is 85.1 Å². The topological polar surface area (TPSA) is 73.9 Å². The van der Waals surface area contributed by atoms with Crippen molar-refractivity contribution in [2.24, 2.45) is 11.3 Å².